The number of pyridine rings is 1. The van der Waals surface area contributed by atoms with Crippen LogP contribution in [-0.4, -0.2) is 32.8 Å². The van der Waals surface area contributed by atoms with Gasteiger partial charge in [0.2, 0.25) is 10.0 Å². The molecular weight excluding hydrogens is 242 g/mol. The number of ether oxygens (including phenoxy) is 1. The Labute approximate surface area is 100 Å². The van der Waals surface area contributed by atoms with Crippen LogP contribution >= 0.6 is 0 Å². The number of rotatable bonds is 5. The van der Waals surface area contributed by atoms with Crippen molar-refractivity contribution < 1.29 is 13.2 Å². The van der Waals surface area contributed by atoms with Crippen LogP contribution in [0.2, 0.25) is 0 Å². The number of aromatic nitrogens is 1. The van der Waals surface area contributed by atoms with Gasteiger partial charge < -0.3 is 10.1 Å². The van der Waals surface area contributed by atoms with E-state index < -0.39 is 10.0 Å². The van der Waals surface area contributed by atoms with Crippen molar-refractivity contribution in [2.45, 2.75) is 18.9 Å². The topological polar surface area (TPSA) is 80.3 Å². The maximum absolute atomic E-state index is 11.2. The molecule has 17 heavy (non-hydrogen) atoms. The van der Waals surface area contributed by atoms with Gasteiger partial charge in [0, 0.05) is 13.1 Å². The van der Waals surface area contributed by atoms with Gasteiger partial charge in [0.15, 0.2) is 11.6 Å². The van der Waals surface area contributed by atoms with Crippen LogP contribution < -0.4 is 14.8 Å². The Hall–Kier alpha value is -1.50. The average molecular weight is 257 g/mol. The summed E-state index contributed by atoms with van der Waals surface area (Å²) < 4.78 is 30.3. The van der Waals surface area contributed by atoms with Crippen LogP contribution in [0.5, 0.6) is 5.75 Å². The van der Waals surface area contributed by atoms with Gasteiger partial charge in [-0.15, -0.1) is 0 Å². The van der Waals surface area contributed by atoms with Crippen molar-refractivity contribution in [3.8, 4) is 5.75 Å². The molecule has 0 saturated heterocycles. The minimum atomic E-state index is -3.35. The normalized spacial score (nSPS) is 15.4. The molecule has 0 aromatic carbocycles. The zero-order chi connectivity index (χ0) is 12.5. The number of sulfonamides is 1. The third kappa shape index (κ3) is 3.48. The highest BCUT2D eigenvalue weighted by Crippen LogP contribution is 2.32. The molecule has 94 valence electrons. The summed E-state index contributed by atoms with van der Waals surface area (Å²) in [4.78, 5) is 4.04. The molecule has 1 aliphatic rings. The summed E-state index contributed by atoms with van der Waals surface area (Å²) in [6.45, 7) is 0. The molecule has 0 spiro atoms. The van der Waals surface area contributed by atoms with Gasteiger partial charge in [0.05, 0.1) is 24.2 Å². The third-order valence-electron chi connectivity index (χ3n) is 2.24. The summed E-state index contributed by atoms with van der Waals surface area (Å²) in [6.07, 6.45) is 4.82. The summed E-state index contributed by atoms with van der Waals surface area (Å²) in [7, 11) is -1.58. The van der Waals surface area contributed by atoms with Crippen LogP contribution in [0.1, 0.15) is 12.8 Å². The van der Waals surface area contributed by atoms with E-state index in [1.54, 1.807) is 19.3 Å². The van der Waals surface area contributed by atoms with Crippen LogP contribution in [0, 0.1) is 0 Å². The van der Waals surface area contributed by atoms with Crippen LogP contribution in [0.25, 0.3) is 0 Å². The van der Waals surface area contributed by atoms with Crippen molar-refractivity contribution in [1.29, 1.82) is 0 Å². The maximum Gasteiger partial charge on any atom is 0.231 e. The van der Waals surface area contributed by atoms with Crippen molar-refractivity contribution in [2.75, 3.05) is 23.3 Å². The summed E-state index contributed by atoms with van der Waals surface area (Å²) in [6, 6.07) is 1.73. The SMILES string of the molecule is CNc1cnc(NS(C)(=O)=O)c(OC2CC2)c1. The van der Waals surface area contributed by atoms with Crippen LogP contribution in [0.3, 0.4) is 0 Å². The predicted octanol–water partition coefficient (Wildman–Crippen LogP) is 1.04. The molecule has 0 amide bonds. The summed E-state index contributed by atoms with van der Waals surface area (Å²) in [5.74, 6) is 0.697. The minimum absolute atomic E-state index is 0.184. The Morgan fingerprint density at radius 1 is 1.47 bits per heavy atom. The van der Waals surface area contributed by atoms with Crippen molar-refractivity contribution in [1.82, 2.24) is 4.98 Å². The molecule has 0 aliphatic heterocycles. The summed E-state index contributed by atoms with van der Waals surface area (Å²) >= 11 is 0. The Morgan fingerprint density at radius 3 is 2.71 bits per heavy atom. The molecular formula is C10H15N3O3S. The van der Waals surface area contributed by atoms with Gasteiger partial charge >= 0.3 is 0 Å². The van der Waals surface area contributed by atoms with Gasteiger partial charge in [0.25, 0.3) is 0 Å². The second-order valence-electron chi connectivity index (χ2n) is 4.01. The molecule has 1 aromatic heterocycles. The average Bonchev–Trinajstić information content (AvgIpc) is 3.02. The van der Waals surface area contributed by atoms with Crippen molar-refractivity contribution in [3.63, 3.8) is 0 Å². The lowest BCUT2D eigenvalue weighted by Gasteiger charge is -2.12. The molecule has 7 heteroatoms. The summed E-state index contributed by atoms with van der Waals surface area (Å²) in [5.41, 5.74) is 0.778. The first-order chi connectivity index (χ1) is 7.98. The van der Waals surface area contributed by atoms with Crippen molar-refractivity contribution in [3.05, 3.63) is 12.3 Å². The number of anilines is 2. The van der Waals surface area contributed by atoms with Gasteiger partial charge in [-0.05, 0) is 12.8 Å². The van der Waals surface area contributed by atoms with E-state index in [4.69, 9.17) is 4.74 Å². The molecule has 0 unspecified atom stereocenters. The molecule has 0 radical (unpaired) electrons. The minimum Gasteiger partial charge on any atom is -0.486 e. The lowest BCUT2D eigenvalue weighted by molar-refractivity contribution is 0.304. The van der Waals surface area contributed by atoms with Crippen molar-refractivity contribution in [2.24, 2.45) is 0 Å². The lowest BCUT2D eigenvalue weighted by atomic mass is 10.4. The monoisotopic (exact) mass is 257 g/mol. The molecule has 1 heterocycles. The molecule has 1 aromatic rings. The second kappa shape index (κ2) is 4.40. The van der Waals surface area contributed by atoms with E-state index in [0.717, 1.165) is 24.8 Å². The smallest absolute Gasteiger partial charge is 0.231 e. The number of nitrogens with zero attached hydrogens (tertiary/aromatic N) is 1. The van der Waals surface area contributed by atoms with Crippen LogP contribution in [0.15, 0.2) is 12.3 Å². The van der Waals surface area contributed by atoms with Gasteiger partial charge in [-0.25, -0.2) is 13.4 Å². The zero-order valence-corrected chi connectivity index (χ0v) is 10.5. The Balaban J connectivity index is 2.28. The first-order valence-corrected chi connectivity index (χ1v) is 7.19. The maximum atomic E-state index is 11.2. The third-order valence-corrected chi connectivity index (χ3v) is 2.81. The first-order valence-electron chi connectivity index (χ1n) is 5.30. The molecule has 0 atom stereocenters. The molecule has 1 aliphatic carbocycles. The van der Waals surface area contributed by atoms with Gasteiger partial charge in [0.1, 0.15) is 0 Å². The van der Waals surface area contributed by atoms with Gasteiger partial charge in [-0.1, -0.05) is 0 Å². The van der Waals surface area contributed by atoms with Crippen LogP contribution in [-0.2, 0) is 10.0 Å². The molecule has 1 saturated carbocycles. The van der Waals surface area contributed by atoms with E-state index >= 15 is 0 Å². The highest BCUT2D eigenvalue weighted by Gasteiger charge is 2.25. The van der Waals surface area contributed by atoms with E-state index in [9.17, 15) is 8.42 Å². The quantitative estimate of drug-likeness (QED) is 0.823. The highest BCUT2D eigenvalue weighted by molar-refractivity contribution is 7.92. The summed E-state index contributed by atoms with van der Waals surface area (Å²) in [5, 5.41) is 2.93. The number of hydrogen-bond acceptors (Lipinski definition) is 5. The van der Waals surface area contributed by atoms with Crippen molar-refractivity contribution >= 4 is 21.5 Å². The zero-order valence-electron chi connectivity index (χ0n) is 9.73. The Morgan fingerprint density at radius 2 is 2.18 bits per heavy atom. The fourth-order valence-electron chi connectivity index (χ4n) is 1.29. The number of hydrogen-bond donors (Lipinski definition) is 2. The molecule has 6 nitrogen and oxygen atoms in total. The standard InChI is InChI=1S/C10H15N3O3S/c1-11-7-5-9(16-8-3-4-8)10(12-6-7)13-17(2,14)15/h5-6,8,11H,3-4H2,1-2H3,(H,12,13). The van der Waals surface area contributed by atoms with Gasteiger partial charge in [-0.3, -0.25) is 4.72 Å². The van der Waals surface area contributed by atoms with E-state index in [-0.39, 0.29) is 11.9 Å². The molecule has 2 N–H and O–H groups in total. The Kier molecular flexibility index (Phi) is 3.10. The van der Waals surface area contributed by atoms with E-state index in [2.05, 4.69) is 15.0 Å². The van der Waals surface area contributed by atoms with Crippen LogP contribution in [0.4, 0.5) is 11.5 Å². The molecule has 0 bridgehead atoms. The second-order valence-corrected chi connectivity index (χ2v) is 5.76. The highest BCUT2D eigenvalue weighted by atomic mass is 32.2. The predicted molar refractivity (Wildman–Crippen MR) is 65.9 cm³/mol. The van der Waals surface area contributed by atoms with E-state index in [0.29, 0.717) is 5.75 Å². The van der Waals surface area contributed by atoms with E-state index in [1.807, 2.05) is 0 Å². The van der Waals surface area contributed by atoms with Gasteiger partial charge in [-0.2, -0.15) is 0 Å². The fraction of sp³-hybridized carbons (Fsp3) is 0.500. The largest absolute Gasteiger partial charge is 0.486 e. The fourth-order valence-corrected chi connectivity index (χ4v) is 1.79. The first kappa shape index (κ1) is 12.0. The molecule has 2 rings (SSSR count). The Bertz CT molecular complexity index is 512. The van der Waals surface area contributed by atoms with E-state index in [1.165, 1.54) is 0 Å². The lowest BCUT2D eigenvalue weighted by Crippen LogP contribution is -2.13. The number of nitrogens with one attached hydrogen (secondary N) is 2. The molecule has 1 fully saturated rings.